The second-order valence-corrected chi connectivity index (χ2v) is 7.88. The fraction of sp³-hybridized carbons (Fsp3) is 0.0968. The monoisotopic (exact) mass is 430 g/mol. The van der Waals surface area contributed by atoms with Crippen LogP contribution in [0.25, 0.3) is 10.8 Å². The second kappa shape index (κ2) is 10.5. The maximum atomic E-state index is 3.83. The second-order valence-electron chi connectivity index (χ2n) is 7.88. The maximum absolute atomic E-state index is 3.83. The molecule has 0 amide bonds. The first-order chi connectivity index (χ1) is 16.2. The van der Waals surface area contributed by atoms with Gasteiger partial charge in [-0.2, -0.15) is 0 Å². The van der Waals surface area contributed by atoms with E-state index >= 15 is 0 Å². The zero-order chi connectivity index (χ0) is 23.0. The van der Waals surface area contributed by atoms with Gasteiger partial charge in [-0.25, -0.2) is 0 Å². The van der Waals surface area contributed by atoms with E-state index in [-0.39, 0.29) is 0 Å². The molecule has 0 saturated carbocycles. The molecule has 2 heteroatoms. The molecule has 0 bridgehead atoms. The van der Waals surface area contributed by atoms with Gasteiger partial charge in [0, 0.05) is 40.9 Å². The molecule has 0 aliphatic heterocycles. The highest BCUT2D eigenvalue weighted by molar-refractivity contribution is 5.96. The first-order valence-corrected chi connectivity index (χ1v) is 11.3. The molecule has 0 aromatic heterocycles. The standard InChI is InChI=1S/C31H30N2/c1-4-6-16-26(5-2)33(28-17-9-7-8-10-18-28)29-23-21-27(22-24-29)32(3)31-20-13-15-25-14-11-12-19-30(25)31/h4-7,9-24H,1,8H2,2-3H3/b16-6-,26-5+. The van der Waals surface area contributed by atoms with Gasteiger partial charge in [0.15, 0.2) is 0 Å². The van der Waals surface area contributed by atoms with Crippen molar-refractivity contribution in [2.24, 2.45) is 0 Å². The number of fused-ring (bicyclic) bond motifs is 1. The molecule has 2 nitrogen and oxygen atoms in total. The molecule has 164 valence electrons. The van der Waals surface area contributed by atoms with Crippen molar-refractivity contribution >= 4 is 27.8 Å². The predicted molar refractivity (Wildman–Crippen MR) is 145 cm³/mol. The molecular formula is C31H30N2. The average Bonchev–Trinajstić information content (AvgIpc) is 3.15. The van der Waals surface area contributed by atoms with Crippen LogP contribution in [0.5, 0.6) is 0 Å². The molecule has 0 atom stereocenters. The summed E-state index contributed by atoms with van der Waals surface area (Å²) >= 11 is 0. The number of nitrogens with zero attached hydrogens (tertiary/aromatic N) is 2. The van der Waals surface area contributed by atoms with Gasteiger partial charge in [-0.15, -0.1) is 0 Å². The molecule has 1 aliphatic rings. The minimum absolute atomic E-state index is 0.941. The number of rotatable bonds is 7. The highest BCUT2D eigenvalue weighted by Crippen LogP contribution is 2.33. The van der Waals surface area contributed by atoms with Gasteiger partial charge < -0.3 is 9.80 Å². The molecule has 33 heavy (non-hydrogen) atoms. The molecule has 0 heterocycles. The van der Waals surface area contributed by atoms with Crippen LogP contribution in [-0.4, -0.2) is 7.05 Å². The molecule has 0 radical (unpaired) electrons. The summed E-state index contributed by atoms with van der Waals surface area (Å²) in [5.74, 6) is 0. The Kier molecular flexibility index (Phi) is 7.06. The zero-order valence-electron chi connectivity index (χ0n) is 19.4. The van der Waals surface area contributed by atoms with Crippen molar-refractivity contribution in [3.63, 3.8) is 0 Å². The topological polar surface area (TPSA) is 6.48 Å². The van der Waals surface area contributed by atoms with E-state index in [1.807, 2.05) is 6.08 Å². The quantitative estimate of drug-likeness (QED) is 0.347. The van der Waals surface area contributed by atoms with Crippen LogP contribution in [0.1, 0.15) is 13.3 Å². The van der Waals surface area contributed by atoms with E-state index < -0.39 is 0 Å². The minimum atomic E-state index is 0.941. The molecule has 0 N–H and O–H groups in total. The lowest BCUT2D eigenvalue weighted by atomic mass is 10.1. The normalized spacial score (nSPS) is 13.8. The van der Waals surface area contributed by atoms with E-state index in [4.69, 9.17) is 0 Å². The van der Waals surface area contributed by atoms with Crippen LogP contribution >= 0.6 is 0 Å². The number of benzene rings is 3. The molecule has 0 spiro atoms. The molecular weight excluding hydrogens is 400 g/mol. The van der Waals surface area contributed by atoms with E-state index in [9.17, 15) is 0 Å². The lowest BCUT2D eigenvalue weighted by Crippen LogP contribution is -2.20. The molecule has 0 saturated heterocycles. The summed E-state index contributed by atoms with van der Waals surface area (Å²) in [5.41, 5.74) is 5.67. The Morgan fingerprint density at radius 3 is 2.45 bits per heavy atom. The van der Waals surface area contributed by atoms with E-state index in [0.717, 1.165) is 29.2 Å². The van der Waals surface area contributed by atoms with Crippen LogP contribution in [0.15, 0.2) is 139 Å². The van der Waals surface area contributed by atoms with Crippen molar-refractivity contribution in [2.45, 2.75) is 13.3 Å². The van der Waals surface area contributed by atoms with E-state index in [1.165, 1.54) is 16.5 Å². The lowest BCUT2D eigenvalue weighted by molar-refractivity contribution is 1.13. The summed E-state index contributed by atoms with van der Waals surface area (Å²) in [6, 6.07) is 23.7. The Bertz CT molecular complexity index is 1260. The van der Waals surface area contributed by atoms with Gasteiger partial charge in [0.05, 0.1) is 0 Å². The number of allylic oxidation sites excluding steroid dienone is 9. The van der Waals surface area contributed by atoms with Gasteiger partial charge in [-0.1, -0.05) is 79.4 Å². The zero-order valence-corrected chi connectivity index (χ0v) is 19.4. The first kappa shape index (κ1) is 22.2. The van der Waals surface area contributed by atoms with Crippen molar-refractivity contribution in [1.82, 2.24) is 0 Å². The third kappa shape index (κ3) is 4.91. The van der Waals surface area contributed by atoms with Crippen LogP contribution < -0.4 is 9.80 Å². The fourth-order valence-corrected chi connectivity index (χ4v) is 4.10. The Hall–Kier alpha value is -4.04. The average molecular weight is 431 g/mol. The number of hydrogen-bond acceptors (Lipinski definition) is 2. The van der Waals surface area contributed by atoms with Gasteiger partial charge in [-0.05, 0) is 67.3 Å². The Morgan fingerprint density at radius 2 is 1.67 bits per heavy atom. The van der Waals surface area contributed by atoms with Gasteiger partial charge in [0.2, 0.25) is 0 Å². The van der Waals surface area contributed by atoms with Gasteiger partial charge in [-0.3, -0.25) is 0 Å². The third-order valence-electron chi connectivity index (χ3n) is 5.80. The van der Waals surface area contributed by atoms with Crippen LogP contribution in [-0.2, 0) is 0 Å². The van der Waals surface area contributed by atoms with E-state index in [0.29, 0.717) is 0 Å². The molecule has 4 rings (SSSR count). The van der Waals surface area contributed by atoms with Crippen molar-refractivity contribution in [2.75, 3.05) is 16.8 Å². The van der Waals surface area contributed by atoms with Gasteiger partial charge >= 0.3 is 0 Å². The number of anilines is 3. The van der Waals surface area contributed by atoms with E-state index in [2.05, 4.69) is 140 Å². The number of hydrogen-bond donors (Lipinski definition) is 0. The summed E-state index contributed by atoms with van der Waals surface area (Å²) in [4.78, 5) is 4.52. The first-order valence-electron chi connectivity index (χ1n) is 11.3. The summed E-state index contributed by atoms with van der Waals surface area (Å²) in [7, 11) is 2.13. The van der Waals surface area contributed by atoms with Crippen molar-refractivity contribution in [3.8, 4) is 0 Å². The fourth-order valence-electron chi connectivity index (χ4n) is 4.10. The van der Waals surface area contributed by atoms with Crippen molar-refractivity contribution in [3.05, 3.63) is 139 Å². The summed E-state index contributed by atoms with van der Waals surface area (Å²) in [6.07, 6.45) is 19.8. The lowest BCUT2D eigenvalue weighted by Gasteiger charge is -2.28. The van der Waals surface area contributed by atoms with Crippen LogP contribution in [0, 0.1) is 0 Å². The Labute approximate surface area is 197 Å². The predicted octanol–water partition coefficient (Wildman–Crippen LogP) is 8.46. The summed E-state index contributed by atoms with van der Waals surface area (Å²) in [5, 5.41) is 2.50. The highest BCUT2D eigenvalue weighted by atomic mass is 15.2. The molecule has 0 fully saturated rings. The largest absolute Gasteiger partial charge is 0.344 e. The molecule has 0 unspecified atom stereocenters. The van der Waals surface area contributed by atoms with Crippen molar-refractivity contribution in [1.29, 1.82) is 0 Å². The van der Waals surface area contributed by atoms with Crippen LogP contribution in [0.3, 0.4) is 0 Å². The SMILES string of the molecule is C=C/C=C\C(=C/C)N(C1=CC=CCC=C1)c1ccc(N(C)c2cccc3ccccc23)cc1. The molecule has 1 aliphatic carbocycles. The Morgan fingerprint density at radius 1 is 0.909 bits per heavy atom. The van der Waals surface area contributed by atoms with Crippen molar-refractivity contribution < 1.29 is 0 Å². The smallest absolute Gasteiger partial charge is 0.0487 e. The van der Waals surface area contributed by atoms with Crippen LogP contribution in [0.4, 0.5) is 17.1 Å². The maximum Gasteiger partial charge on any atom is 0.0487 e. The summed E-state index contributed by atoms with van der Waals surface area (Å²) in [6.45, 7) is 5.89. The van der Waals surface area contributed by atoms with E-state index in [1.54, 1.807) is 6.08 Å². The summed E-state index contributed by atoms with van der Waals surface area (Å²) < 4.78 is 0. The van der Waals surface area contributed by atoms with Crippen LogP contribution in [0.2, 0.25) is 0 Å². The highest BCUT2D eigenvalue weighted by Gasteiger charge is 2.15. The minimum Gasteiger partial charge on any atom is -0.344 e. The Balaban J connectivity index is 1.71. The van der Waals surface area contributed by atoms with Gasteiger partial charge in [0.25, 0.3) is 0 Å². The molecule has 3 aromatic carbocycles. The third-order valence-corrected chi connectivity index (χ3v) is 5.80. The molecule has 3 aromatic rings. The van der Waals surface area contributed by atoms with Gasteiger partial charge in [0.1, 0.15) is 0 Å².